The minimum Gasteiger partial charge on any atom is -0.322 e. The van der Waals surface area contributed by atoms with E-state index < -0.39 is 5.54 Å². The monoisotopic (exact) mass is 223 g/mol. The molecule has 1 atom stereocenters. The molecule has 1 aromatic carbocycles. The van der Waals surface area contributed by atoms with Crippen LogP contribution in [0.3, 0.4) is 0 Å². The average molecular weight is 223 g/mol. The molecule has 0 aromatic heterocycles. The maximum absolute atomic E-state index is 13.4. The molecule has 0 aliphatic rings. The minimum absolute atomic E-state index is 0.162. The summed E-state index contributed by atoms with van der Waals surface area (Å²) in [5, 5.41) is 0. The van der Waals surface area contributed by atoms with E-state index in [1.54, 1.807) is 19.1 Å². The van der Waals surface area contributed by atoms with Crippen LogP contribution in [-0.2, 0) is 5.54 Å². The largest absolute Gasteiger partial charge is 0.322 e. The highest BCUT2D eigenvalue weighted by Crippen LogP contribution is 2.25. The summed E-state index contributed by atoms with van der Waals surface area (Å²) in [4.78, 5) is 0. The maximum atomic E-state index is 13.4. The first kappa shape index (κ1) is 13.2. The summed E-state index contributed by atoms with van der Waals surface area (Å²) in [6.45, 7) is 5.91. The van der Waals surface area contributed by atoms with E-state index in [9.17, 15) is 4.39 Å². The van der Waals surface area contributed by atoms with E-state index in [1.165, 1.54) is 12.8 Å². The average Bonchev–Trinajstić information content (AvgIpc) is 2.22. The molecule has 1 nitrogen and oxygen atoms in total. The Morgan fingerprint density at radius 3 is 2.56 bits per heavy atom. The van der Waals surface area contributed by atoms with Gasteiger partial charge in [-0.1, -0.05) is 38.3 Å². The molecule has 90 valence electrons. The third-order valence-corrected chi connectivity index (χ3v) is 3.13. The highest BCUT2D eigenvalue weighted by Gasteiger charge is 2.21. The van der Waals surface area contributed by atoms with Gasteiger partial charge in [-0.3, -0.25) is 0 Å². The van der Waals surface area contributed by atoms with Gasteiger partial charge in [-0.05, 0) is 37.5 Å². The van der Waals surface area contributed by atoms with E-state index in [0.717, 1.165) is 18.4 Å². The van der Waals surface area contributed by atoms with Gasteiger partial charge in [0.15, 0.2) is 0 Å². The van der Waals surface area contributed by atoms with Crippen molar-refractivity contribution in [3.05, 3.63) is 35.1 Å². The van der Waals surface area contributed by atoms with Gasteiger partial charge in [-0.2, -0.15) is 0 Å². The number of halogens is 1. The number of aryl methyl sites for hydroxylation is 1. The molecule has 0 bridgehead atoms. The fourth-order valence-corrected chi connectivity index (χ4v) is 1.83. The van der Waals surface area contributed by atoms with Crippen molar-refractivity contribution in [3.8, 4) is 0 Å². The fraction of sp³-hybridized carbons (Fsp3) is 0.571. The summed E-state index contributed by atoms with van der Waals surface area (Å²) in [6, 6.07) is 5.31. The van der Waals surface area contributed by atoms with Crippen LogP contribution in [0.5, 0.6) is 0 Å². The molecule has 0 amide bonds. The van der Waals surface area contributed by atoms with Gasteiger partial charge >= 0.3 is 0 Å². The Morgan fingerprint density at radius 2 is 2.00 bits per heavy atom. The van der Waals surface area contributed by atoms with E-state index in [-0.39, 0.29) is 5.82 Å². The highest BCUT2D eigenvalue weighted by atomic mass is 19.1. The van der Waals surface area contributed by atoms with Crippen LogP contribution < -0.4 is 5.73 Å². The van der Waals surface area contributed by atoms with Crippen LogP contribution in [-0.4, -0.2) is 0 Å². The van der Waals surface area contributed by atoms with Crippen molar-refractivity contribution in [2.24, 2.45) is 5.73 Å². The maximum Gasteiger partial charge on any atom is 0.126 e. The number of benzene rings is 1. The zero-order valence-corrected chi connectivity index (χ0v) is 10.5. The second-order valence-electron chi connectivity index (χ2n) is 4.84. The standard InChI is InChI=1S/C14H22FN/c1-4-5-6-9-14(3,16)12-8-7-11(2)13(15)10-12/h7-8,10H,4-6,9,16H2,1-3H3. The van der Waals surface area contributed by atoms with Crippen molar-refractivity contribution < 1.29 is 4.39 Å². The molecular formula is C14H22FN. The number of rotatable bonds is 5. The molecule has 1 unspecified atom stereocenters. The van der Waals surface area contributed by atoms with Gasteiger partial charge in [0.05, 0.1) is 0 Å². The third kappa shape index (κ3) is 3.31. The van der Waals surface area contributed by atoms with Crippen LogP contribution >= 0.6 is 0 Å². The summed E-state index contributed by atoms with van der Waals surface area (Å²) >= 11 is 0. The molecule has 0 spiro atoms. The molecule has 0 aliphatic carbocycles. The van der Waals surface area contributed by atoms with E-state index >= 15 is 0 Å². The lowest BCUT2D eigenvalue weighted by Crippen LogP contribution is -2.33. The molecule has 0 heterocycles. The molecule has 0 saturated carbocycles. The van der Waals surface area contributed by atoms with Gasteiger partial charge in [-0.25, -0.2) is 4.39 Å². The van der Waals surface area contributed by atoms with Crippen LogP contribution in [0.2, 0.25) is 0 Å². The zero-order chi connectivity index (χ0) is 12.2. The lowest BCUT2D eigenvalue weighted by atomic mass is 9.87. The Balaban J connectivity index is 2.76. The summed E-state index contributed by atoms with van der Waals surface area (Å²) < 4.78 is 13.4. The van der Waals surface area contributed by atoms with Crippen molar-refractivity contribution in [3.63, 3.8) is 0 Å². The summed E-state index contributed by atoms with van der Waals surface area (Å²) in [7, 11) is 0. The van der Waals surface area contributed by atoms with E-state index in [4.69, 9.17) is 5.73 Å². The van der Waals surface area contributed by atoms with Crippen LogP contribution in [0.1, 0.15) is 50.7 Å². The summed E-state index contributed by atoms with van der Waals surface area (Å²) in [5.41, 5.74) is 7.39. The van der Waals surface area contributed by atoms with Gasteiger partial charge in [0.2, 0.25) is 0 Å². The first-order chi connectivity index (χ1) is 7.47. The smallest absolute Gasteiger partial charge is 0.126 e. The number of hydrogen-bond donors (Lipinski definition) is 1. The summed E-state index contributed by atoms with van der Waals surface area (Å²) in [5.74, 6) is -0.162. The topological polar surface area (TPSA) is 26.0 Å². The van der Waals surface area contributed by atoms with Gasteiger partial charge in [0, 0.05) is 5.54 Å². The van der Waals surface area contributed by atoms with Gasteiger partial charge < -0.3 is 5.73 Å². The van der Waals surface area contributed by atoms with Gasteiger partial charge in [0.1, 0.15) is 5.82 Å². The molecule has 0 aliphatic heterocycles. The molecule has 0 saturated heterocycles. The first-order valence-electron chi connectivity index (χ1n) is 6.03. The Hall–Kier alpha value is -0.890. The molecule has 2 heteroatoms. The molecule has 16 heavy (non-hydrogen) atoms. The number of nitrogens with two attached hydrogens (primary N) is 1. The van der Waals surface area contributed by atoms with Gasteiger partial charge in [0.25, 0.3) is 0 Å². The molecule has 0 fully saturated rings. The second-order valence-corrected chi connectivity index (χ2v) is 4.84. The van der Waals surface area contributed by atoms with Crippen molar-refractivity contribution in [2.45, 2.75) is 52.0 Å². The van der Waals surface area contributed by atoms with Crippen molar-refractivity contribution in [1.82, 2.24) is 0 Å². The molecule has 1 aromatic rings. The lowest BCUT2D eigenvalue weighted by molar-refractivity contribution is 0.424. The van der Waals surface area contributed by atoms with Crippen molar-refractivity contribution >= 4 is 0 Å². The molecule has 2 N–H and O–H groups in total. The molecule has 0 radical (unpaired) electrons. The number of hydrogen-bond acceptors (Lipinski definition) is 1. The first-order valence-corrected chi connectivity index (χ1v) is 6.03. The second kappa shape index (κ2) is 5.44. The molecular weight excluding hydrogens is 201 g/mol. The Labute approximate surface area is 97.9 Å². The minimum atomic E-state index is -0.413. The Morgan fingerprint density at radius 1 is 1.31 bits per heavy atom. The normalized spacial score (nSPS) is 14.8. The van der Waals surface area contributed by atoms with Crippen LogP contribution in [0.25, 0.3) is 0 Å². The lowest BCUT2D eigenvalue weighted by Gasteiger charge is -2.25. The van der Waals surface area contributed by atoms with Crippen molar-refractivity contribution in [2.75, 3.05) is 0 Å². The highest BCUT2D eigenvalue weighted by molar-refractivity contribution is 5.28. The van der Waals surface area contributed by atoms with E-state index in [0.29, 0.717) is 5.56 Å². The molecule has 1 rings (SSSR count). The quantitative estimate of drug-likeness (QED) is 0.753. The van der Waals surface area contributed by atoms with Crippen LogP contribution in [0, 0.1) is 12.7 Å². The van der Waals surface area contributed by atoms with Gasteiger partial charge in [-0.15, -0.1) is 0 Å². The Kier molecular flexibility index (Phi) is 4.48. The predicted molar refractivity (Wildman–Crippen MR) is 66.8 cm³/mol. The fourth-order valence-electron chi connectivity index (χ4n) is 1.83. The summed E-state index contributed by atoms with van der Waals surface area (Å²) in [6.07, 6.45) is 4.36. The van der Waals surface area contributed by atoms with Crippen LogP contribution in [0.15, 0.2) is 18.2 Å². The number of unbranched alkanes of at least 4 members (excludes halogenated alkanes) is 2. The van der Waals surface area contributed by atoms with E-state index in [1.807, 2.05) is 13.0 Å². The predicted octanol–water partition coefficient (Wildman–Crippen LogP) is 3.89. The third-order valence-electron chi connectivity index (χ3n) is 3.13. The van der Waals surface area contributed by atoms with Crippen molar-refractivity contribution in [1.29, 1.82) is 0 Å². The zero-order valence-electron chi connectivity index (χ0n) is 10.5. The Bertz CT molecular complexity index is 345. The SMILES string of the molecule is CCCCCC(C)(N)c1ccc(C)c(F)c1. The van der Waals surface area contributed by atoms with Crippen LogP contribution in [0.4, 0.5) is 4.39 Å². The van der Waals surface area contributed by atoms with E-state index in [2.05, 4.69) is 6.92 Å².